The van der Waals surface area contributed by atoms with Crippen molar-refractivity contribution in [3.05, 3.63) is 22.9 Å². The zero-order chi connectivity index (χ0) is 13.1. The van der Waals surface area contributed by atoms with E-state index in [1.165, 1.54) is 5.56 Å². The fourth-order valence-electron chi connectivity index (χ4n) is 2.14. The second-order valence-corrected chi connectivity index (χ2v) is 4.68. The highest BCUT2D eigenvalue weighted by molar-refractivity contribution is 5.99. The Morgan fingerprint density at radius 1 is 1.61 bits per heavy atom. The van der Waals surface area contributed by atoms with Crippen LogP contribution in [0.15, 0.2) is 6.07 Å². The van der Waals surface area contributed by atoms with Crippen LogP contribution in [0.1, 0.15) is 30.2 Å². The average molecular weight is 248 g/mol. The van der Waals surface area contributed by atoms with Gasteiger partial charge in [-0.1, -0.05) is 0 Å². The van der Waals surface area contributed by atoms with Crippen molar-refractivity contribution in [2.75, 3.05) is 19.0 Å². The van der Waals surface area contributed by atoms with Crippen molar-refractivity contribution in [1.29, 1.82) is 5.41 Å². The molecule has 98 valence electrons. The minimum Gasteiger partial charge on any atom is -0.384 e. The number of nitrogens with zero attached hydrogens (tertiary/aromatic N) is 1. The second-order valence-electron chi connectivity index (χ2n) is 4.68. The number of pyridine rings is 1. The smallest absolute Gasteiger partial charge is 0.137 e. The van der Waals surface area contributed by atoms with Gasteiger partial charge >= 0.3 is 0 Å². The van der Waals surface area contributed by atoms with Crippen LogP contribution in [0.3, 0.4) is 0 Å². The maximum Gasteiger partial charge on any atom is 0.137 e. The number of fused-ring (bicyclic) bond motifs is 1. The first-order valence-corrected chi connectivity index (χ1v) is 6.25. The first kappa shape index (κ1) is 12.8. The van der Waals surface area contributed by atoms with Crippen LogP contribution in [0.4, 0.5) is 5.82 Å². The van der Waals surface area contributed by atoms with Gasteiger partial charge in [-0.3, -0.25) is 5.41 Å². The summed E-state index contributed by atoms with van der Waals surface area (Å²) in [7, 11) is 1.67. The molecule has 5 heteroatoms. The van der Waals surface area contributed by atoms with E-state index in [4.69, 9.17) is 15.9 Å². The van der Waals surface area contributed by atoms with Crippen molar-refractivity contribution in [3.8, 4) is 0 Å². The van der Waals surface area contributed by atoms with Gasteiger partial charge in [0.1, 0.15) is 11.7 Å². The van der Waals surface area contributed by atoms with Gasteiger partial charge in [-0.2, -0.15) is 0 Å². The van der Waals surface area contributed by atoms with Gasteiger partial charge in [0, 0.05) is 19.3 Å². The molecule has 1 aromatic rings. The van der Waals surface area contributed by atoms with E-state index in [0.29, 0.717) is 17.9 Å². The highest BCUT2D eigenvalue weighted by Gasteiger charge is 2.17. The van der Waals surface area contributed by atoms with Crippen molar-refractivity contribution in [2.45, 2.75) is 32.3 Å². The number of nitrogens with one attached hydrogen (secondary N) is 2. The Labute approximate surface area is 107 Å². The molecule has 0 spiro atoms. The molecule has 0 saturated heterocycles. The number of rotatable bonds is 5. The first-order valence-electron chi connectivity index (χ1n) is 6.25. The molecule has 0 fully saturated rings. The lowest BCUT2D eigenvalue weighted by Gasteiger charge is -2.15. The predicted molar refractivity (Wildman–Crippen MR) is 72.2 cm³/mol. The summed E-state index contributed by atoms with van der Waals surface area (Å²) in [6.45, 7) is 2.64. The van der Waals surface area contributed by atoms with Gasteiger partial charge in [-0.05, 0) is 37.8 Å². The largest absolute Gasteiger partial charge is 0.384 e. The Balaban J connectivity index is 2.24. The zero-order valence-electron chi connectivity index (χ0n) is 10.9. The van der Waals surface area contributed by atoms with E-state index in [1.807, 2.05) is 13.0 Å². The number of nitrogens with two attached hydrogens (primary N) is 1. The maximum absolute atomic E-state index is 7.64. The number of aromatic nitrogens is 1. The Bertz CT molecular complexity index is 459. The molecule has 0 radical (unpaired) electrons. The number of nitrogen functional groups attached to an aromatic ring is 1. The highest BCUT2D eigenvalue weighted by atomic mass is 16.5. The fraction of sp³-hybridized carbons (Fsp3) is 0.538. The molecular weight excluding hydrogens is 228 g/mol. The standard InChI is InChI=1S/C13H20N4O/c1-8(18-2)7-16-13-10(12(14)15)6-9-4-3-5-11(9)17-13/h6,8H,3-5,7H2,1-2H3,(H3,14,15)(H,16,17). The predicted octanol–water partition coefficient (Wildman–Crippen LogP) is 1.30. The first-order chi connectivity index (χ1) is 8.61. The third-order valence-electron chi connectivity index (χ3n) is 3.30. The van der Waals surface area contributed by atoms with Crippen LogP contribution >= 0.6 is 0 Å². The Hall–Kier alpha value is -1.62. The summed E-state index contributed by atoms with van der Waals surface area (Å²) in [5.41, 5.74) is 8.67. The molecule has 1 aliphatic rings. The van der Waals surface area contributed by atoms with E-state index < -0.39 is 0 Å². The van der Waals surface area contributed by atoms with Crippen molar-refractivity contribution in [2.24, 2.45) is 5.73 Å². The lowest BCUT2D eigenvalue weighted by molar-refractivity contribution is 0.128. The SMILES string of the molecule is COC(C)CNc1nc2c(cc1C(=N)N)CCC2. The third-order valence-corrected chi connectivity index (χ3v) is 3.30. The Morgan fingerprint density at radius 3 is 3.06 bits per heavy atom. The molecule has 0 aromatic carbocycles. The minimum atomic E-state index is 0.0600. The lowest BCUT2D eigenvalue weighted by Crippen LogP contribution is -2.22. The number of ether oxygens (including phenoxy) is 1. The van der Waals surface area contributed by atoms with Crippen molar-refractivity contribution in [3.63, 3.8) is 0 Å². The number of amidine groups is 1. The summed E-state index contributed by atoms with van der Waals surface area (Å²) >= 11 is 0. The van der Waals surface area contributed by atoms with Crippen LogP contribution < -0.4 is 11.1 Å². The molecule has 1 aliphatic carbocycles. The molecule has 0 bridgehead atoms. The van der Waals surface area contributed by atoms with E-state index in [0.717, 1.165) is 25.0 Å². The van der Waals surface area contributed by atoms with Crippen LogP contribution in [0, 0.1) is 5.41 Å². The summed E-state index contributed by atoms with van der Waals surface area (Å²) in [5.74, 6) is 0.761. The number of hydrogen-bond acceptors (Lipinski definition) is 4. The maximum atomic E-state index is 7.64. The van der Waals surface area contributed by atoms with Crippen LogP contribution in [-0.4, -0.2) is 30.6 Å². The third kappa shape index (κ3) is 2.61. The highest BCUT2D eigenvalue weighted by Crippen LogP contribution is 2.25. The average Bonchev–Trinajstić information content (AvgIpc) is 2.81. The molecule has 1 heterocycles. The van der Waals surface area contributed by atoms with E-state index in [9.17, 15) is 0 Å². The van der Waals surface area contributed by atoms with Crippen LogP contribution in [0.5, 0.6) is 0 Å². The van der Waals surface area contributed by atoms with Gasteiger partial charge in [0.25, 0.3) is 0 Å². The van der Waals surface area contributed by atoms with Gasteiger partial charge in [0.2, 0.25) is 0 Å². The normalized spacial score (nSPS) is 15.2. The molecule has 0 saturated carbocycles. The second kappa shape index (κ2) is 5.35. The zero-order valence-corrected chi connectivity index (χ0v) is 10.9. The van der Waals surface area contributed by atoms with Gasteiger partial charge < -0.3 is 15.8 Å². The summed E-state index contributed by atoms with van der Waals surface area (Å²) < 4.78 is 5.19. The van der Waals surface area contributed by atoms with Gasteiger partial charge in [-0.15, -0.1) is 0 Å². The van der Waals surface area contributed by atoms with E-state index in [2.05, 4.69) is 10.3 Å². The fourth-order valence-corrected chi connectivity index (χ4v) is 2.14. The molecule has 1 atom stereocenters. The number of aryl methyl sites for hydroxylation is 2. The van der Waals surface area contributed by atoms with Crippen molar-refractivity contribution >= 4 is 11.7 Å². The molecule has 5 nitrogen and oxygen atoms in total. The van der Waals surface area contributed by atoms with Crippen LogP contribution in [-0.2, 0) is 17.6 Å². The summed E-state index contributed by atoms with van der Waals surface area (Å²) in [6.07, 6.45) is 3.29. The van der Waals surface area contributed by atoms with Crippen molar-refractivity contribution < 1.29 is 4.74 Å². The molecular formula is C13H20N4O. The molecule has 0 amide bonds. The van der Waals surface area contributed by atoms with Gasteiger partial charge in [-0.25, -0.2) is 4.98 Å². The van der Waals surface area contributed by atoms with Gasteiger partial charge in [0.05, 0.1) is 11.7 Å². The monoisotopic (exact) mass is 248 g/mol. The van der Waals surface area contributed by atoms with Crippen molar-refractivity contribution in [1.82, 2.24) is 4.98 Å². The quantitative estimate of drug-likeness (QED) is 0.541. The minimum absolute atomic E-state index is 0.0600. The summed E-state index contributed by atoms with van der Waals surface area (Å²) in [6, 6.07) is 2.00. The number of methoxy groups -OCH3 is 1. The summed E-state index contributed by atoms with van der Waals surface area (Å²) in [5, 5.41) is 10.9. The van der Waals surface area contributed by atoms with E-state index >= 15 is 0 Å². The molecule has 1 unspecified atom stereocenters. The van der Waals surface area contributed by atoms with E-state index in [-0.39, 0.29) is 11.9 Å². The van der Waals surface area contributed by atoms with Crippen LogP contribution in [0.2, 0.25) is 0 Å². The topological polar surface area (TPSA) is 84.0 Å². The number of anilines is 1. The van der Waals surface area contributed by atoms with E-state index in [1.54, 1.807) is 7.11 Å². The molecule has 2 rings (SSSR count). The Morgan fingerprint density at radius 2 is 2.39 bits per heavy atom. The molecule has 1 aromatic heterocycles. The lowest BCUT2D eigenvalue weighted by atomic mass is 10.1. The summed E-state index contributed by atoms with van der Waals surface area (Å²) in [4.78, 5) is 4.59. The molecule has 0 aliphatic heterocycles. The van der Waals surface area contributed by atoms with Crippen LogP contribution in [0.25, 0.3) is 0 Å². The molecule has 18 heavy (non-hydrogen) atoms. The number of hydrogen-bond donors (Lipinski definition) is 3. The van der Waals surface area contributed by atoms with Gasteiger partial charge in [0.15, 0.2) is 0 Å². The molecule has 4 N–H and O–H groups in total. The Kier molecular flexibility index (Phi) is 3.81.